The molecule has 2 heterocycles. The normalized spacial score (nSPS) is 17.2. The predicted molar refractivity (Wildman–Crippen MR) is 126 cm³/mol. The first kappa shape index (κ1) is 23.2. The van der Waals surface area contributed by atoms with Crippen LogP contribution in [-0.4, -0.2) is 35.4 Å². The van der Waals surface area contributed by atoms with Crippen molar-refractivity contribution in [2.24, 2.45) is 0 Å². The van der Waals surface area contributed by atoms with Crippen LogP contribution in [0.15, 0.2) is 76.9 Å². The summed E-state index contributed by atoms with van der Waals surface area (Å²) in [5, 5.41) is 11.1. The third-order valence-electron chi connectivity index (χ3n) is 5.77. The SMILES string of the molecule is CCCCOc1ccc(C2/C(=C(\O)c3ccc(OC)cc3)C(=O)C(=O)N2Cc2ccco2)cc1. The van der Waals surface area contributed by atoms with Crippen LogP contribution in [0, 0.1) is 0 Å². The molecule has 0 aliphatic carbocycles. The molecule has 7 heteroatoms. The molecule has 0 radical (unpaired) electrons. The van der Waals surface area contributed by atoms with E-state index in [0.29, 0.717) is 35.0 Å². The van der Waals surface area contributed by atoms with Crippen molar-refractivity contribution in [3.05, 3.63) is 89.4 Å². The van der Waals surface area contributed by atoms with Gasteiger partial charge in [0.1, 0.15) is 23.0 Å². The van der Waals surface area contributed by atoms with Gasteiger partial charge in [0.25, 0.3) is 11.7 Å². The minimum atomic E-state index is -0.781. The van der Waals surface area contributed by atoms with Crippen molar-refractivity contribution in [2.45, 2.75) is 32.4 Å². The zero-order valence-corrected chi connectivity index (χ0v) is 19.2. The Balaban J connectivity index is 1.75. The lowest BCUT2D eigenvalue weighted by Crippen LogP contribution is -2.29. The van der Waals surface area contributed by atoms with Crippen LogP contribution in [0.5, 0.6) is 11.5 Å². The van der Waals surface area contributed by atoms with Crippen molar-refractivity contribution in [3.63, 3.8) is 0 Å². The first-order chi connectivity index (χ1) is 16.5. The molecule has 1 aromatic heterocycles. The summed E-state index contributed by atoms with van der Waals surface area (Å²) < 4.78 is 16.3. The Labute approximate surface area is 198 Å². The fourth-order valence-corrected chi connectivity index (χ4v) is 3.95. The molecule has 1 atom stereocenters. The number of benzene rings is 2. The number of aliphatic hydroxyl groups excluding tert-OH is 1. The average Bonchev–Trinajstić information content (AvgIpc) is 3.47. The standard InChI is InChI=1S/C27H27NO6/c1-3-4-15-33-21-13-7-18(8-14-21)24-23(25(29)19-9-11-20(32-2)12-10-19)26(30)27(31)28(24)17-22-6-5-16-34-22/h5-14,16,24,29H,3-4,15,17H2,1-2H3/b25-23+. The number of Topliss-reactive ketones (excluding diaryl/α,β-unsaturated/α-hetero) is 1. The van der Waals surface area contributed by atoms with Gasteiger partial charge in [0.05, 0.1) is 38.1 Å². The number of carbonyl (C=O) groups is 2. The molecule has 34 heavy (non-hydrogen) atoms. The van der Waals surface area contributed by atoms with Gasteiger partial charge in [-0.1, -0.05) is 25.5 Å². The number of furan rings is 1. The van der Waals surface area contributed by atoms with Gasteiger partial charge in [-0.15, -0.1) is 0 Å². The molecule has 1 aliphatic heterocycles. The van der Waals surface area contributed by atoms with Gasteiger partial charge in [-0.3, -0.25) is 9.59 Å². The van der Waals surface area contributed by atoms with Crippen LogP contribution >= 0.6 is 0 Å². The molecule has 1 amide bonds. The Hall–Kier alpha value is -4.00. The highest BCUT2D eigenvalue weighted by atomic mass is 16.5. The summed E-state index contributed by atoms with van der Waals surface area (Å²) in [4.78, 5) is 27.6. The quantitative estimate of drug-likeness (QED) is 0.207. The summed E-state index contributed by atoms with van der Waals surface area (Å²) in [5.74, 6) is 0.181. The number of ketones is 1. The zero-order valence-electron chi connectivity index (χ0n) is 19.2. The predicted octanol–water partition coefficient (Wildman–Crippen LogP) is 5.09. The van der Waals surface area contributed by atoms with E-state index >= 15 is 0 Å². The van der Waals surface area contributed by atoms with E-state index in [1.807, 2.05) is 24.3 Å². The van der Waals surface area contributed by atoms with Crippen LogP contribution in [0.1, 0.15) is 42.7 Å². The Morgan fingerprint density at radius 2 is 1.74 bits per heavy atom. The Morgan fingerprint density at radius 1 is 1.03 bits per heavy atom. The van der Waals surface area contributed by atoms with Gasteiger partial charge < -0.3 is 23.9 Å². The lowest BCUT2D eigenvalue weighted by atomic mass is 9.95. The third-order valence-corrected chi connectivity index (χ3v) is 5.77. The summed E-state index contributed by atoms with van der Waals surface area (Å²) in [6.07, 6.45) is 3.50. The van der Waals surface area contributed by atoms with Crippen molar-refractivity contribution in [1.29, 1.82) is 0 Å². The Kier molecular flexibility index (Phi) is 7.01. The van der Waals surface area contributed by atoms with E-state index in [4.69, 9.17) is 13.9 Å². The molecule has 0 saturated carbocycles. The maximum absolute atomic E-state index is 13.1. The molecule has 176 valence electrons. The fourth-order valence-electron chi connectivity index (χ4n) is 3.95. The van der Waals surface area contributed by atoms with Gasteiger partial charge in [0.2, 0.25) is 0 Å². The van der Waals surface area contributed by atoms with Crippen LogP contribution in [0.3, 0.4) is 0 Å². The number of hydrogen-bond acceptors (Lipinski definition) is 6. The van der Waals surface area contributed by atoms with Crippen LogP contribution in [0.25, 0.3) is 5.76 Å². The summed E-state index contributed by atoms with van der Waals surface area (Å²) in [7, 11) is 1.55. The smallest absolute Gasteiger partial charge is 0.296 e. The maximum Gasteiger partial charge on any atom is 0.296 e. The molecule has 1 N–H and O–H groups in total. The number of aliphatic hydroxyl groups is 1. The number of unbranched alkanes of at least 4 members (excludes halogenated alkanes) is 1. The van der Waals surface area contributed by atoms with E-state index in [1.165, 1.54) is 11.2 Å². The summed E-state index contributed by atoms with van der Waals surface area (Å²) in [6, 6.07) is 16.6. The molecule has 2 aromatic carbocycles. The highest BCUT2D eigenvalue weighted by Crippen LogP contribution is 2.40. The highest BCUT2D eigenvalue weighted by Gasteiger charge is 2.46. The number of methoxy groups -OCH3 is 1. The number of likely N-dealkylation sites (tertiary alicyclic amines) is 1. The van der Waals surface area contributed by atoms with Gasteiger partial charge in [-0.2, -0.15) is 0 Å². The zero-order chi connectivity index (χ0) is 24.1. The average molecular weight is 462 g/mol. The summed E-state index contributed by atoms with van der Waals surface area (Å²) >= 11 is 0. The molecular formula is C27H27NO6. The molecule has 1 aliphatic rings. The van der Waals surface area contributed by atoms with Crippen molar-refractivity contribution < 1.29 is 28.6 Å². The van der Waals surface area contributed by atoms with Gasteiger partial charge in [-0.05, 0) is 60.5 Å². The van der Waals surface area contributed by atoms with E-state index in [-0.39, 0.29) is 17.9 Å². The van der Waals surface area contributed by atoms with Crippen LogP contribution < -0.4 is 9.47 Å². The molecule has 0 spiro atoms. The van der Waals surface area contributed by atoms with Gasteiger partial charge in [0, 0.05) is 5.56 Å². The summed E-state index contributed by atoms with van der Waals surface area (Å²) in [5.41, 5.74) is 1.13. The van der Waals surface area contributed by atoms with Crippen LogP contribution in [-0.2, 0) is 16.1 Å². The number of hydrogen-bond donors (Lipinski definition) is 1. The maximum atomic E-state index is 13.1. The molecule has 7 nitrogen and oxygen atoms in total. The minimum absolute atomic E-state index is 0.0291. The topological polar surface area (TPSA) is 89.2 Å². The van der Waals surface area contributed by atoms with E-state index < -0.39 is 17.7 Å². The highest BCUT2D eigenvalue weighted by molar-refractivity contribution is 6.46. The van der Waals surface area contributed by atoms with Gasteiger partial charge in [-0.25, -0.2) is 0 Å². The second kappa shape index (κ2) is 10.3. The van der Waals surface area contributed by atoms with E-state index in [9.17, 15) is 14.7 Å². The third kappa shape index (κ3) is 4.69. The largest absolute Gasteiger partial charge is 0.507 e. The van der Waals surface area contributed by atoms with E-state index in [0.717, 1.165) is 12.8 Å². The van der Waals surface area contributed by atoms with Crippen molar-refractivity contribution in [2.75, 3.05) is 13.7 Å². The van der Waals surface area contributed by atoms with E-state index in [2.05, 4.69) is 6.92 Å². The molecule has 1 saturated heterocycles. The molecule has 1 fully saturated rings. The van der Waals surface area contributed by atoms with Crippen molar-refractivity contribution in [3.8, 4) is 11.5 Å². The lowest BCUT2D eigenvalue weighted by molar-refractivity contribution is -0.140. The Morgan fingerprint density at radius 3 is 2.35 bits per heavy atom. The van der Waals surface area contributed by atoms with Gasteiger partial charge >= 0.3 is 0 Å². The molecule has 3 aromatic rings. The number of ether oxygens (including phenoxy) is 2. The number of carbonyl (C=O) groups excluding carboxylic acids is 2. The minimum Gasteiger partial charge on any atom is -0.507 e. The van der Waals surface area contributed by atoms with Crippen molar-refractivity contribution >= 4 is 17.4 Å². The molecule has 0 bridgehead atoms. The number of rotatable bonds is 9. The molecule has 1 unspecified atom stereocenters. The lowest BCUT2D eigenvalue weighted by Gasteiger charge is -2.24. The monoisotopic (exact) mass is 461 g/mol. The van der Waals surface area contributed by atoms with Gasteiger partial charge in [0.15, 0.2) is 0 Å². The van der Waals surface area contributed by atoms with Crippen LogP contribution in [0.2, 0.25) is 0 Å². The summed E-state index contributed by atoms with van der Waals surface area (Å²) in [6.45, 7) is 2.80. The molecular weight excluding hydrogens is 434 g/mol. The first-order valence-electron chi connectivity index (χ1n) is 11.2. The number of amides is 1. The van der Waals surface area contributed by atoms with Crippen molar-refractivity contribution in [1.82, 2.24) is 4.90 Å². The van der Waals surface area contributed by atoms with E-state index in [1.54, 1.807) is 43.5 Å². The first-order valence-corrected chi connectivity index (χ1v) is 11.2. The second-order valence-electron chi connectivity index (χ2n) is 8.01. The Bertz CT molecular complexity index is 1160. The molecule has 4 rings (SSSR count). The second-order valence-corrected chi connectivity index (χ2v) is 8.01. The fraction of sp³-hybridized carbons (Fsp3) is 0.259. The van der Waals surface area contributed by atoms with Crippen LogP contribution in [0.4, 0.5) is 0 Å². The number of nitrogens with zero attached hydrogens (tertiary/aromatic N) is 1.